The Labute approximate surface area is 101 Å². The summed E-state index contributed by atoms with van der Waals surface area (Å²) in [6, 6.07) is 1.64. The van der Waals surface area contributed by atoms with Gasteiger partial charge in [0.15, 0.2) is 0 Å². The number of carbonyl (C=O) groups excluding carboxylic acids is 1. The number of carbonyl (C=O) groups is 1. The molecule has 3 N–H and O–H groups in total. The smallest absolute Gasteiger partial charge is 0.253 e. The summed E-state index contributed by atoms with van der Waals surface area (Å²) in [6.45, 7) is 3.87. The highest BCUT2D eigenvalue weighted by Crippen LogP contribution is 2.08. The van der Waals surface area contributed by atoms with Crippen LogP contribution in [0, 0.1) is 0 Å². The van der Waals surface area contributed by atoms with Gasteiger partial charge in [-0.15, -0.1) is 0 Å². The maximum Gasteiger partial charge on any atom is 0.253 e. The predicted octanol–water partition coefficient (Wildman–Crippen LogP) is 0.489. The van der Waals surface area contributed by atoms with Gasteiger partial charge in [0.1, 0.15) is 0 Å². The molecule has 1 aliphatic heterocycles. The fourth-order valence-corrected chi connectivity index (χ4v) is 2.04. The monoisotopic (exact) mass is 234 g/mol. The molecule has 0 unspecified atom stereocenters. The molecule has 0 aromatic carbocycles. The Balaban J connectivity index is 1.79. The van der Waals surface area contributed by atoms with Crippen LogP contribution in [0.3, 0.4) is 0 Å². The summed E-state index contributed by atoms with van der Waals surface area (Å²) >= 11 is 0. The van der Waals surface area contributed by atoms with Crippen LogP contribution in [0.5, 0.6) is 0 Å². The molecule has 0 saturated carbocycles. The number of pyridine rings is 1. The van der Waals surface area contributed by atoms with E-state index >= 15 is 0 Å². The number of rotatable bonds is 4. The van der Waals surface area contributed by atoms with Crippen LogP contribution in [0.4, 0.5) is 5.69 Å². The number of nitrogens with two attached hydrogens (primary N) is 1. The number of likely N-dealkylation sites (tertiary alicyclic amines) is 1. The van der Waals surface area contributed by atoms with E-state index in [1.165, 1.54) is 19.0 Å². The molecule has 2 rings (SSSR count). The lowest BCUT2D eigenvalue weighted by Crippen LogP contribution is -2.33. The van der Waals surface area contributed by atoms with E-state index in [-0.39, 0.29) is 5.91 Å². The highest BCUT2D eigenvalue weighted by atomic mass is 16.1. The van der Waals surface area contributed by atoms with Crippen molar-refractivity contribution in [2.75, 3.05) is 31.9 Å². The van der Waals surface area contributed by atoms with Gasteiger partial charge in [-0.1, -0.05) is 0 Å². The van der Waals surface area contributed by atoms with Crippen LogP contribution in [0.15, 0.2) is 18.5 Å². The molecule has 0 bridgehead atoms. The van der Waals surface area contributed by atoms with Crippen LogP contribution >= 0.6 is 0 Å². The summed E-state index contributed by atoms with van der Waals surface area (Å²) in [5, 5.41) is 2.88. The minimum absolute atomic E-state index is 0.121. The molecule has 17 heavy (non-hydrogen) atoms. The summed E-state index contributed by atoms with van der Waals surface area (Å²) in [6.07, 6.45) is 5.61. The molecule has 1 aromatic rings. The minimum Gasteiger partial charge on any atom is -0.397 e. The number of hydrogen-bond donors (Lipinski definition) is 2. The molecule has 5 heteroatoms. The van der Waals surface area contributed by atoms with Gasteiger partial charge in [-0.2, -0.15) is 0 Å². The minimum atomic E-state index is -0.121. The summed E-state index contributed by atoms with van der Waals surface area (Å²) in [7, 11) is 0. The number of nitrogen functional groups attached to an aromatic ring is 1. The van der Waals surface area contributed by atoms with Gasteiger partial charge < -0.3 is 16.0 Å². The van der Waals surface area contributed by atoms with Crippen molar-refractivity contribution < 1.29 is 4.79 Å². The fourth-order valence-electron chi connectivity index (χ4n) is 2.04. The second-order valence-corrected chi connectivity index (χ2v) is 4.27. The lowest BCUT2D eigenvalue weighted by atomic mass is 10.2. The number of nitrogens with one attached hydrogen (secondary N) is 1. The van der Waals surface area contributed by atoms with E-state index in [9.17, 15) is 4.79 Å². The van der Waals surface area contributed by atoms with E-state index in [4.69, 9.17) is 5.73 Å². The van der Waals surface area contributed by atoms with Gasteiger partial charge in [0.25, 0.3) is 5.91 Å². The third-order valence-corrected chi connectivity index (χ3v) is 3.01. The van der Waals surface area contributed by atoms with Gasteiger partial charge in [-0.3, -0.25) is 9.78 Å². The van der Waals surface area contributed by atoms with E-state index in [2.05, 4.69) is 15.2 Å². The SMILES string of the molecule is Nc1cnccc1C(=O)NCCN1CCCC1. The van der Waals surface area contributed by atoms with Gasteiger partial charge in [0, 0.05) is 19.3 Å². The molecule has 0 atom stereocenters. The van der Waals surface area contributed by atoms with Crippen LogP contribution in [0.1, 0.15) is 23.2 Å². The zero-order chi connectivity index (χ0) is 12.1. The molecule has 5 nitrogen and oxygen atoms in total. The second-order valence-electron chi connectivity index (χ2n) is 4.27. The fraction of sp³-hybridized carbons (Fsp3) is 0.500. The quantitative estimate of drug-likeness (QED) is 0.795. The Hall–Kier alpha value is -1.62. The number of anilines is 1. The second kappa shape index (κ2) is 5.63. The van der Waals surface area contributed by atoms with Gasteiger partial charge in [-0.25, -0.2) is 0 Å². The molecular weight excluding hydrogens is 216 g/mol. The standard InChI is InChI=1S/C12H18N4O/c13-11-9-14-4-3-10(11)12(17)15-5-8-16-6-1-2-7-16/h3-4,9H,1-2,5-8,13H2,(H,15,17). The molecule has 92 valence electrons. The third-order valence-electron chi connectivity index (χ3n) is 3.01. The lowest BCUT2D eigenvalue weighted by Gasteiger charge is -2.14. The van der Waals surface area contributed by atoms with Crippen LogP contribution in [-0.2, 0) is 0 Å². The largest absolute Gasteiger partial charge is 0.397 e. The average molecular weight is 234 g/mol. The van der Waals surface area contributed by atoms with Crippen molar-refractivity contribution in [1.82, 2.24) is 15.2 Å². The lowest BCUT2D eigenvalue weighted by molar-refractivity contribution is 0.0950. The molecule has 1 fully saturated rings. The van der Waals surface area contributed by atoms with Crippen molar-refractivity contribution in [3.05, 3.63) is 24.0 Å². The average Bonchev–Trinajstić information content (AvgIpc) is 2.82. The summed E-state index contributed by atoms with van der Waals surface area (Å²) in [5.74, 6) is -0.121. The molecule has 1 aromatic heterocycles. The van der Waals surface area contributed by atoms with Crippen molar-refractivity contribution in [2.24, 2.45) is 0 Å². The highest BCUT2D eigenvalue weighted by Gasteiger charge is 2.12. The van der Waals surface area contributed by atoms with Gasteiger partial charge in [0.05, 0.1) is 17.4 Å². The third kappa shape index (κ3) is 3.17. The van der Waals surface area contributed by atoms with Crippen LogP contribution in [0.2, 0.25) is 0 Å². The first kappa shape index (κ1) is 11.9. The summed E-state index contributed by atoms with van der Waals surface area (Å²) in [5.41, 5.74) is 6.61. The molecule has 1 aliphatic rings. The van der Waals surface area contributed by atoms with Crippen LogP contribution in [0.25, 0.3) is 0 Å². The first-order chi connectivity index (χ1) is 8.27. The predicted molar refractivity (Wildman–Crippen MR) is 66.7 cm³/mol. The van der Waals surface area contributed by atoms with Crippen molar-refractivity contribution in [3.63, 3.8) is 0 Å². The molecule has 0 spiro atoms. The molecule has 1 saturated heterocycles. The van der Waals surface area contributed by atoms with Crippen molar-refractivity contribution in [3.8, 4) is 0 Å². The normalized spacial score (nSPS) is 16.0. The molecule has 0 aliphatic carbocycles. The van der Waals surface area contributed by atoms with Crippen molar-refractivity contribution in [2.45, 2.75) is 12.8 Å². The van der Waals surface area contributed by atoms with E-state index in [0.29, 0.717) is 17.8 Å². The molecule has 0 radical (unpaired) electrons. The number of nitrogens with zero attached hydrogens (tertiary/aromatic N) is 2. The summed E-state index contributed by atoms with van der Waals surface area (Å²) < 4.78 is 0. The van der Waals surface area contributed by atoms with Gasteiger partial charge >= 0.3 is 0 Å². The van der Waals surface area contributed by atoms with E-state index < -0.39 is 0 Å². The maximum atomic E-state index is 11.8. The topological polar surface area (TPSA) is 71.2 Å². The number of amides is 1. The summed E-state index contributed by atoms with van der Waals surface area (Å²) in [4.78, 5) is 18.0. The molecule has 1 amide bonds. The Morgan fingerprint density at radius 3 is 2.94 bits per heavy atom. The number of aromatic nitrogens is 1. The molecular formula is C12H18N4O. The van der Waals surface area contributed by atoms with Crippen molar-refractivity contribution in [1.29, 1.82) is 0 Å². The zero-order valence-electron chi connectivity index (χ0n) is 9.85. The molecule has 2 heterocycles. The Morgan fingerprint density at radius 2 is 2.24 bits per heavy atom. The zero-order valence-corrected chi connectivity index (χ0v) is 9.85. The van der Waals surface area contributed by atoms with E-state index in [0.717, 1.165) is 19.6 Å². The highest BCUT2D eigenvalue weighted by molar-refractivity contribution is 5.98. The van der Waals surface area contributed by atoms with Gasteiger partial charge in [0.2, 0.25) is 0 Å². The maximum absolute atomic E-state index is 11.8. The Kier molecular flexibility index (Phi) is 3.93. The first-order valence-electron chi connectivity index (χ1n) is 5.97. The van der Waals surface area contributed by atoms with Crippen molar-refractivity contribution >= 4 is 11.6 Å². The first-order valence-corrected chi connectivity index (χ1v) is 5.97. The van der Waals surface area contributed by atoms with E-state index in [1.54, 1.807) is 12.3 Å². The van der Waals surface area contributed by atoms with Crippen LogP contribution in [-0.4, -0.2) is 42.0 Å². The van der Waals surface area contributed by atoms with E-state index in [1.807, 2.05) is 0 Å². The van der Waals surface area contributed by atoms with Crippen LogP contribution < -0.4 is 11.1 Å². The van der Waals surface area contributed by atoms with Gasteiger partial charge in [-0.05, 0) is 32.0 Å². The Morgan fingerprint density at radius 1 is 1.47 bits per heavy atom. The number of hydrogen-bond acceptors (Lipinski definition) is 4. The Bertz CT molecular complexity index is 388.